The standard InChI is InChI=1S/C16H23NO2/c1-12-10-14(13-8-6-5-7-9-13)11-17(12)15(18)19-16(2,3)4/h5-9,12,14H,10-11H2,1-4H3/t12?,14-/m0/s1. The fourth-order valence-electron chi connectivity index (χ4n) is 2.57. The summed E-state index contributed by atoms with van der Waals surface area (Å²) < 4.78 is 5.46. The Morgan fingerprint density at radius 2 is 1.89 bits per heavy atom. The first-order valence-electron chi connectivity index (χ1n) is 6.91. The summed E-state index contributed by atoms with van der Waals surface area (Å²) >= 11 is 0. The number of likely N-dealkylation sites (tertiary alicyclic amines) is 1. The van der Waals surface area contributed by atoms with Crippen molar-refractivity contribution in [3.63, 3.8) is 0 Å². The first-order chi connectivity index (χ1) is 8.87. The maximum absolute atomic E-state index is 12.2. The van der Waals surface area contributed by atoms with Gasteiger partial charge in [0.1, 0.15) is 5.60 Å². The van der Waals surface area contributed by atoms with Crippen molar-refractivity contribution in [2.75, 3.05) is 6.54 Å². The SMILES string of the molecule is CC1C[C@H](c2ccccc2)CN1C(=O)OC(C)(C)C. The molecule has 104 valence electrons. The Labute approximate surface area is 115 Å². The van der Waals surface area contributed by atoms with Gasteiger partial charge in [-0.05, 0) is 39.7 Å². The summed E-state index contributed by atoms with van der Waals surface area (Å²) in [4.78, 5) is 14.0. The van der Waals surface area contributed by atoms with Gasteiger partial charge in [-0.2, -0.15) is 0 Å². The molecule has 1 unspecified atom stereocenters. The van der Waals surface area contributed by atoms with Crippen LogP contribution >= 0.6 is 0 Å². The highest BCUT2D eigenvalue weighted by molar-refractivity contribution is 5.69. The van der Waals surface area contributed by atoms with E-state index in [1.807, 2.05) is 31.7 Å². The maximum Gasteiger partial charge on any atom is 0.410 e. The van der Waals surface area contributed by atoms with Gasteiger partial charge in [0, 0.05) is 18.5 Å². The number of carbonyl (C=O) groups is 1. The molecule has 0 bridgehead atoms. The van der Waals surface area contributed by atoms with E-state index in [1.165, 1.54) is 5.56 Å². The van der Waals surface area contributed by atoms with Crippen LogP contribution in [0, 0.1) is 0 Å². The Hall–Kier alpha value is -1.51. The Morgan fingerprint density at radius 3 is 2.47 bits per heavy atom. The summed E-state index contributed by atoms with van der Waals surface area (Å²) in [5.41, 5.74) is 0.877. The summed E-state index contributed by atoms with van der Waals surface area (Å²) in [5.74, 6) is 0.420. The summed E-state index contributed by atoms with van der Waals surface area (Å²) in [6, 6.07) is 10.6. The molecule has 1 aromatic rings. The van der Waals surface area contributed by atoms with Gasteiger partial charge in [-0.3, -0.25) is 0 Å². The smallest absolute Gasteiger partial charge is 0.410 e. The lowest BCUT2D eigenvalue weighted by molar-refractivity contribution is 0.0237. The molecule has 1 saturated heterocycles. The van der Waals surface area contributed by atoms with Crippen molar-refractivity contribution >= 4 is 6.09 Å². The molecule has 0 saturated carbocycles. The van der Waals surface area contributed by atoms with Crippen molar-refractivity contribution < 1.29 is 9.53 Å². The molecule has 0 spiro atoms. The van der Waals surface area contributed by atoms with Gasteiger partial charge in [-0.1, -0.05) is 30.3 Å². The number of hydrogen-bond acceptors (Lipinski definition) is 2. The lowest BCUT2D eigenvalue weighted by Gasteiger charge is -2.27. The van der Waals surface area contributed by atoms with Gasteiger partial charge in [0.2, 0.25) is 0 Å². The third-order valence-electron chi connectivity index (χ3n) is 3.47. The van der Waals surface area contributed by atoms with Gasteiger partial charge in [0.15, 0.2) is 0 Å². The van der Waals surface area contributed by atoms with Crippen LogP contribution in [0.3, 0.4) is 0 Å². The largest absolute Gasteiger partial charge is 0.444 e. The van der Waals surface area contributed by atoms with E-state index in [4.69, 9.17) is 4.74 Å². The highest BCUT2D eigenvalue weighted by atomic mass is 16.6. The third kappa shape index (κ3) is 3.49. The minimum atomic E-state index is -0.429. The van der Waals surface area contributed by atoms with Gasteiger partial charge in [0.25, 0.3) is 0 Å². The van der Waals surface area contributed by atoms with E-state index in [1.54, 1.807) is 0 Å². The molecule has 1 heterocycles. The van der Waals surface area contributed by atoms with Crippen LogP contribution in [0.15, 0.2) is 30.3 Å². The number of ether oxygens (including phenoxy) is 1. The first-order valence-corrected chi connectivity index (χ1v) is 6.91. The number of rotatable bonds is 1. The Morgan fingerprint density at radius 1 is 1.26 bits per heavy atom. The predicted molar refractivity (Wildman–Crippen MR) is 76.2 cm³/mol. The van der Waals surface area contributed by atoms with Crippen LogP contribution in [-0.2, 0) is 4.74 Å². The fourth-order valence-corrected chi connectivity index (χ4v) is 2.57. The van der Waals surface area contributed by atoms with Crippen molar-refractivity contribution in [2.45, 2.75) is 51.7 Å². The normalized spacial score (nSPS) is 23.5. The van der Waals surface area contributed by atoms with E-state index in [9.17, 15) is 4.79 Å². The average Bonchev–Trinajstić information content (AvgIpc) is 2.70. The number of benzene rings is 1. The second kappa shape index (κ2) is 5.24. The van der Waals surface area contributed by atoms with Crippen molar-refractivity contribution in [2.24, 2.45) is 0 Å². The topological polar surface area (TPSA) is 29.5 Å². The zero-order valence-electron chi connectivity index (χ0n) is 12.2. The molecule has 0 N–H and O–H groups in total. The lowest BCUT2D eigenvalue weighted by atomic mass is 9.97. The molecular weight excluding hydrogens is 238 g/mol. The van der Waals surface area contributed by atoms with E-state index in [0.717, 1.165) is 13.0 Å². The van der Waals surface area contributed by atoms with Gasteiger partial charge in [-0.25, -0.2) is 4.79 Å². The number of carbonyl (C=O) groups excluding carboxylic acids is 1. The summed E-state index contributed by atoms with van der Waals surface area (Å²) in [5, 5.41) is 0. The van der Waals surface area contributed by atoms with Crippen molar-refractivity contribution in [1.82, 2.24) is 4.90 Å². The van der Waals surface area contributed by atoms with Crippen LogP contribution in [0.2, 0.25) is 0 Å². The first kappa shape index (κ1) is 13.9. The van der Waals surface area contributed by atoms with Crippen LogP contribution in [0.5, 0.6) is 0 Å². The van der Waals surface area contributed by atoms with E-state index in [2.05, 4.69) is 31.2 Å². The summed E-state index contributed by atoms with van der Waals surface area (Å²) in [7, 11) is 0. The Balaban J connectivity index is 2.04. The van der Waals surface area contributed by atoms with Crippen LogP contribution in [-0.4, -0.2) is 29.2 Å². The minimum absolute atomic E-state index is 0.196. The Kier molecular flexibility index (Phi) is 3.83. The lowest BCUT2D eigenvalue weighted by Crippen LogP contribution is -2.38. The average molecular weight is 261 g/mol. The highest BCUT2D eigenvalue weighted by Gasteiger charge is 2.35. The summed E-state index contributed by atoms with van der Waals surface area (Å²) in [6.07, 6.45) is 0.807. The Bertz CT molecular complexity index is 436. The van der Waals surface area contributed by atoms with E-state index in [-0.39, 0.29) is 12.1 Å². The van der Waals surface area contributed by atoms with Crippen LogP contribution < -0.4 is 0 Å². The molecule has 0 aromatic heterocycles. The van der Waals surface area contributed by atoms with Crippen molar-refractivity contribution in [1.29, 1.82) is 0 Å². The summed E-state index contributed by atoms with van der Waals surface area (Å²) in [6.45, 7) is 8.55. The molecule has 0 radical (unpaired) electrons. The molecule has 2 rings (SSSR count). The van der Waals surface area contributed by atoms with E-state index >= 15 is 0 Å². The monoisotopic (exact) mass is 261 g/mol. The molecule has 19 heavy (non-hydrogen) atoms. The molecule has 1 aliphatic rings. The molecule has 1 aromatic carbocycles. The number of amides is 1. The number of nitrogens with zero attached hydrogens (tertiary/aromatic N) is 1. The third-order valence-corrected chi connectivity index (χ3v) is 3.47. The molecule has 3 heteroatoms. The second-order valence-corrected chi connectivity index (χ2v) is 6.33. The molecule has 0 aliphatic carbocycles. The molecule has 1 aliphatic heterocycles. The van der Waals surface area contributed by atoms with Crippen LogP contribution in [0.1, 0.15) is 45.6 Å². The fraction of sp³-hybridized carbons (Fsp3) is 0.562. The zero-order chi connectivity index (χ0) is 14.0. The second-order valence-electron chi connectivity index (χ2n) is 6.33. The van der Waals surface area contributed by atoms with E-state index in [0.29, 0.717) is 5.92 Å². The molecule has 3 nitrogen and oxygen atoms in total. The molecule has 1 amide bonds. The minimum Gasteiger partial charge on any atom is -0.444 e. The van der Waals surface area contributed by atoms with Crippen molar-refractivity contribution in [3.8, 4) is 0 Å². The van der Waals surface area contributed by atoms with Crippen LogP contribution in [0.4, 0.5) is 4.79 Å². The quantitative estimate of drug-likeness (QED) is 0.769. The van der Waals surface area contributed by atoms with Gasteiger partial charge in [-0.15, -0.1) is 0 Å². The van der Waals surface area contributed by atoms with E-state index < -0.39 is 5.60 Å². The molecule has 2 atom stereocenters. The molecular formula is C16H23NO2. The van der Waals surface area contributed by atoms with Crippen LogP contribution in [0.25, 0.3) is 0 Å². The maximum atomic E-state index is 12.2. The highest BCUT2D eigenvalue weighted by Crippen LogP contribution is 2.32. The van der Waals surface area contributed by atoms with Gasteiger partial charge in [0.05, 0.1) is 0 Å². The predicted octanol–water partition coefficient (Wildman–Crippen LogP) is 3.80. The van der Waals surface area contributed by atoms with Gasteiger partial charge < -0.3 is 9.64 Å². The number of hydrogen-bond donors (Lipinski definition) is 0. The molecule has 1 fully saturated rings. The van der Waals surface area contributed by atoms with Crippen molar-refractivity contribution in [3.05, 3.63) is 35.9 Å². The zero-order valence-corrected chi connectivity index (χ0v) is 12.2. The van der Waals surface area contributed by atoms with Gasteiger partial charge >= 0.3 is 6.09 Å².